The molecule has 1 unspecified atom stereocenters. The van der Waals surface area contributed by atoms with Crippen molar-refractivity contribution in [1.29, 1.82) is 0 Å². The molecule has 0 radical (unpaired) electrons. The first-order valence-corrected chi connectivity index (χ1v) is 5.45. The highest BCUT2D eigenvalue weighted by Crippen LogP contribution is 2.33. The highest BCUT2D eigenvalue weighted by molar-refractivity contribution is 8.00. The van der Waals surface area contributed by atoms with E-state index in [1.165, 1.54) is 7.11 Å². The maximum Gasteiger partial charge on any atom is 0.323 e. The molecule has 0 aliphatic carbocycles. The lowest BCUT2D eigenvalue weighted by atomic mass is 9.96. The van der Waals surface area contributed by atoms with Crippen molar-refractivity contribution in [3.63, 3.8) is 0 Å². The molecule has 4 heteroatoms. The summed E-state index contributed by atoms with van der Waals surface area (Å²) in [6, 6.07) is -0.126. The van der Waals surface area contributed by atoms with Crippen LogP contribution in [0.15, 0.2) is 0 Å². The maximum absolute atomic E-state index is 11.2. The molecule has 3 nitrogen and oxygen atoms in total. The molecule has 0 aromatic heterocycles. The Balaban J connectivity index is 2.50. The molecule has 1 aliphatic heterocycles. The van der Waals surface area contributed by atoms with Crippen molar-refractivity contribution in [3.05, 3.63) is 0 Å². The molecule has 0 aromatic rings. The zero-order valence-corrected chi connectivity index (χ0v) is 9.40. The van der Waals surface area contributed by atoms with Gasteiger partial charge in [-0.05, 0) is 5.41 Å². The van der Waals surface area contributed by atoms with Gasteiger partial charge in [-0.1, -0.05) is 20.8 Å². The number of carbonyl (C=O) groups is 1. The van der Waals surface area contributed by atoms with Gasteiger partial charge in [0, 0.05) is 5.75 Å². The van der Waals surface area contributed by atoms with E-state index < -0.39 is 0 Å². The normalized spacial score (nSPS) is 28.9. The molecular weight excluding hydrogens is 186 g/mol. The number of esters is 1. The Hall–Kier alpha value is -0.220. The van der Waals surface area contributed by atoms with Crippen molar-refractivity contribution in [3.8, 4) is 0 Å². The fraction of sp³-hybridized carbons (Fsp3) is 0.889. The molecule has 1 saturated heterocycles. The van der Waals surface area contributed by atoms with Gasteiger partial charge in [-0.2, -0.15) is 0 Å². The van der Waals surface area contributed by atoms with Gasteiger partial charge in [0.15, 0.2) is 0 Å². The van der Waals surface area contributed by atoms with E-state index in [4.69, 9.17) is 0 Å². The molecule has 76 valence electrons. The Morgan fingerprint density at radius 2 is 2.15 bits per heavy atom. The summed E-state index contributed by atoms with van der Waals surface area (Å²) in [6.45, 7) is 6.49. The molecule has 2 atom stereocenters. The molecule has 0 bridgehead atoms. The molecule has 1 fully saturated rings. The SMILES string of the molecule is COC(=O)C1CS[C@@H](C(C)(C)C)N1. The Morgan fingerprint density at radius 1 is 1.54 bits per heavy atom. The lowest BCUT2D eigenvalue weighted by molar-refractivity contribution is -0.142. The number of rotatable bonds is 1. The molecule has 1 N–H and O–H groups in total. The van der Waals surface area contributed by atoms with Crippen LogP contribution in [0.1, 0.15) is 20.8 Å². The van der Waals surface area contributed by atoms with Crippen LogP contribution in [0.4, 0.5) is 0 Å². The summed E-state index contributed by atoms with van der Waals surface area (Å²) in [7, 11) is 1.43. The van der Waals surface area contributed by atoms with E-state index in [2.05, 4.69) is 30.8 Å². The minimum atomic E-state index is -0.153. The lowest BCUT2D eigenvalue weighted by Crippen LogP contribution is -2.42. The average Bonchev–Trinajstić information content (AvgIpc) is 2.50. The van der Waals surface area contributed by atoms with Crippen LogP contribution in [0, 0.1) is 5.41 Å². The first kappa shape index (κ1) is 10.9. The highest BCUT2D eigenvalue weighted by Gasteiger charge is 2.36. The van der Waals surface area contributed by atoms with Gasteiger partial charge in [-0.3, -0.25) is 10.1 Å². The van der Waals surface area contributed by atoms with E-state index in [0.29, 0.717) is 5.37 Å². The predicted molar refractivity (Wildman–Crippen MR) is 54.6 cm³/mol. The number of ether oxygens (including phenoxy) is 1. The second kappa shape index (κ2) is 3.88. The van der Waals surface area contributed by atoms with Gasteiger partial charge >= 0.3 is 5.97 Å². The largest absolute Gasteiger partial charge is 0.468 e. The summed E-state index contributed by atoms with van der Waals surface area (Å²) in [5, 5.41) is 3.61. The molecule has 1 heterocycles. The second-order valence-corrected chi connectivity index (χ2v) is 5.46. The van der Waals surface area contributed by atoms with E-state index in [-0.39, 0.29) is 17.4 Å². The Morgan fingerprint density at radius 3 is 2.54 bits per heavy atom. The standard InChI is InChI=1S/C9H17NO2S/c1-9(2,3)8-10-6(5-13-8)7(11)12-4/h6,8,10H,5H2,1-4H3/t6?,8-/m0/s1. The van der Waals surface area contributed by atoms with Crippen LogP contribution in [0.3, 0.4) is 0 Å². The van der Waals surface area contributed by atoms with E-state index in [1.807, 2.05) is 0 Å². The number of thioether (sulfide) groups is 1. The number of hydrogen-bond donors (Lipinski definition) is 1. The van der Waals surface area contributed by atoms with E-state index in [0.717, 1.165) is 5.75 Å². The van der Waals surface area contributed by atoms with Crippen molar-refractivity contribution in [2.24, 2.45) is 5.41 Å². The maximum atomic E-state index is 11.2. The zero-order valence-electron chi connectivity index (χ0n) is 8.59. The van der Waals surface area contributed by atoms with Crippen molar-refractivity contribution in [2.75, 3.05) is 12.9 Å². The van der Waals surface area contributed by atoms with Gasteiger partial charge in [0.05, 0.1) is 12.5 Å². The van der Waals surface area contributed by atoms with Crippen LogP contribution < -0.4 is 5.32 Å². The number of carbonyl (C=O) groups excluding carboxylic acids is 1. The first-order chi connectivity index (χ1) is 5.95. The monoisotopic (exact) mass is 203 g/mol. The van der Waals surface area contributed by atoms with Crippen LogP contribution in [0.25, 0.3) is 0 Å². The zero-order chi connectivity index (χ0) is 10.1. The summed E-state index contributed by atoms with van der Waals surface area (Å²) in [6.07, 6.45) is 0. The summed E-state index contributed by atoms with van der Waals surface area (Å²) >= 11 is 1.79. The van der Waals surface area contributed by atoms with Crippen molar-refractivity contribution >= 4 is 17.7 Å². The molecule has 13 heavy (non-hydrogen) atoms. The van der Waals surface area contributed by atoms with Gasteiger partial charge in [-0.15, -0.1) is 11.8 Å². The minimum absolute atomic E-state index is 0.126. The number of methoxy groups -OCH3 is 1. The van der Waals surface area contributed by atoms with Crippen molar-refractivity contribution in [1.82, 2.24) is 5.32 Å². The molecule has 0 spiro atoms. The average molecular weight is 203 g/mol. The van der Waals surface area contributed by atoms with E-state index >= 15 is 0 Å². The van der Waals surface area contributed by atoms with E-state index in [9.17, 15) is 4.79 Å². The fourth-order valence-electron chi connectivity index (χ4n) is 1.25. The van der Waals surface area contributed by atoms with Gasteiger partial charge < -0.3 is 4.74 Å². The van der Waals surface area contributed by atoms with Crippen LogP contribution in [0.2, 0.25) is 0 Å². The molecule has 0 saturated carbocycles. The Bertz CT molecular complexity index is 200. The molecule has 1 rings (SSSR count). The van der Waals surface area contributed by atoms with Crippen LogP contribution >= 0.6 is 11.8 Å². The summed E-state index contributed by atoms with van der Waals surface area (Å²) in [5.74, 6) is 0.661. The Kier molecular flexibility index (Phi) is 3.24. The molecular formula is C9H17NO2S. The topological polar surface area (TPSA) is 38.3 Å². The highest BCUT2D eigenvalue weighted by atomic mass is 32.2. The fourth-order valence-corrected chi connectivity index (χ4v) is 2.63. The van der Waals surface area contributed by atoms with Crippen LogP contribution in [-0.2, 0) is 9.53 Å². The van der Waals surface area contributed by atoms with Gasteiger partial charge in [0.1, 0.15) is 6.04 Å². The summed E-state index contributed by atoms with van der Waals surface area (Å²) < 4.78 is 4.68. The summed E-state index contributed by atoms with van der Waals surface area (Å²) in [5.41, 5.74) is 0.188. The summed E-state index contributed by atoms with van der Waals surface area (Å²) in [4.78, 5) is 11.2. The molecule has 0 amide bonds. The van der Waals surface area contributed by atoms with Crippen molar-refractivity contribution in [2.45, 2.75) is 32.2 Å². The Labute approximate surface area is 83.6 Å². The van der Waals surface area contributed by atoms with Crippen molar-refractivity contribution < 1.29 is 9.53 Å². The van der Waals surface area contributed by atoms with Crippen LogP contribution in [0.5, 0.6) is 0 Å². The smallest absolute Gasteiger partial charge is 0.323 e. The van der Waals surface area contributed by atoms with Gasteiger partial charge in [-0.25, -0.2) is 0 Å². The third-order valence-electron chi connectivity index (χ3n) is 2.05. The third kappa shape index (κ3) is 2.61. The number of hydrogen-bond acceptors (Lipinski definition) is 4. The quantitative estimate of drug-likeness (QED) is 0.651. The molecule has 1 aliphatic rings. The van der Waals surface area contributed by atoms with E-state index in [1.54, 1.807) is 11.8 Å². The van der Waals surface area contributed by atoms with Crippen LogP contribution in [-0.4, -0.2) is 30.2 Å². The van der Waals surface area contributed by atoms with Gasteiger partial charge in [0.2, 0.25) is 0 Å². The van der Waals surface area contributed by atoms with Gasteiger partial charge in [0.25, 0.3) is 0 Å². The first-order valence-electron chi connectivity index (χ1n) is 4.40. The third-order valence-corrected chi connectivity index (χ3v) is 3.76. The second-order valence-electron chi connectivity index (χ2n) is 4.32. The minimum Gasteiger partial charge on any atom is -0.468 e. The predicted octanol–water partition coefficient (Wildman–Crippen LogP) is 1.24. The lowest BCUT2D eigenvalue weighted by Gasteiger charge is -2.26. The molecule has 0 aromatic carbocycles. The number of nitrogens with one attached hydrogen (secondary N) is 1.